The molecule has 6 nitrogen and oxygen atoms in total. The lowest BCUT2D eigenvalue weighted by molar-refractivity contribution is 0.198. The van der Waals surface area contributed by atoms with Crippen LogP contribution in [0.2, 0.25) is 0 Å². The number of nitrogens with zero attached hydrogens (tertiary/aromatic N) is 5. The summed E-state index contributed by atoms with van der Waals surface area (Å²) in [6.07, 6.45) is 7.46. The van der Waals surface area contributed by atoms with E-state index in [1.807, 2.05) is 12.4 Å². The Bertz CT molecular complexity index is 852. The highest BCUT2D eigenvalue weighted by atomic mass is 15.3. The summed E-state index contributed by atoms with van der Waals surface area (Å²) in [5.74, 6) is 0.984. The minimum atomic E-state index is 0.369. The number of aryl methyl sites for hydroxylation is 1. The van der Waals surface area contributed by atoms with Crippen LogP contribution in [0.15, 0.2) is 49.1 Å². The number of piperazine rings is 1. The van der Waals surface area contributed by atoms with Crippen molar-refractivity contribution >= 4 is 5.82 Å². The molecule has 1 atom stereocenters. The quantitative estimate of drug-likeness (QED) is 0.785. The standard InChI is InChI=1S/C20H24N6/c1-15-5-3-4-6-18(15)19-20(22-8-7-21-19)26-11-9-25(10-12-26)16(2)17-13-23-24-14-17/h3-8,13-14,16H,9-12H2,1-2H3,(H,23,24). The summed E-state index contributed by atoms with van der Waals surface area (Å²) in [6, 6.07) is 8.74. The van der Waals surface area contributed by atoms with Crippen LogP contribution in [0.1, 0.15) is 24.1 Å². The first-order valence-corrected chi connectivity index (χ1v) is 9.08. The van der Waals surface area contributed by atoms with Gasteiger partial charge in [-0.25, -0.2) is 4.98 Å². The fraction of sp³-hybridized carbons (Fsp3) is 0.350. The molecular weight excluding hydrogens is 324 g/mol. The Hall–Kier alpha value is -2.73. The molecule has 1 aliphatic heterocycles. The molecule has 1 N–H and O–H groups in total. The molecule has 0 amide bonds. The molecule has 1 aliphatic rings. The van der Waals surface area contributed by atoms with E-state index in [0.29, 0.717) is 6.04 Å². The van der Waals surface area contributed by atoms with Gasteiger partial charge in [0, 0.05) is 61.9 Å². The van der Waals surface area contributed by atoms with Crippen molar-refractivity contribution in [1.29, 1.82) is 0 Å². The monoisotopic (exact) mass is 348 g/mol. The van der Waals surface area contributed by atoms with Crippen molar-refractivity contribution in [3.8, 4) is 11.3 Å². The highest BCUT2D eigenvalue weighted by Crippen LogP contribution is 2.30. The van der Waals surface area contributed by atoms with Crippen molar-refractivity contribution in [1.82, 2.24) is 25.1 Å². The van der Waals surface area contributed by atoms with Crippen LogP contribution in [-0.2, 0) is 0 Å². The third-order valence-electron chi connectivity index (χ3n) is 5.24. The molecule has 0 radical (unpaired) electrons. The van der Waals surface area contributed by atoms with Gasteiger partial charge in [-0.05, 0) is 19.4 Å². The van der Waals surface area contributed by atoms with E-state index in [2.05, 4.69) is 68.1 Å². The van der Waals surface area contributed by atoms with Gasteiger partial charge in [0.15, 0.2) is 5.82 Å². The topological polar surface area (TPSA) is 60.9 Å². The molecule has 3 aromatic rings. The fourth-order valence-electron chi connectivity index (χ4n) is 3.61. The molecule has 0 saturated carbocycles. The largest absolute Gasteiger partial charge is 0.352 e. The second-order valence-electron chi connectivity index (χ2n) is 6.77. The zero-order valence-electron chi connectivity index (χ0n) is 15.3. The lowest BCUT2D eigenvalue weighted by Crippen LogP contribution is -2.47. The third kappa shape index (κ3) is 3.20. The first-order valence-electron chi connectivity index (χ1n) is 9.08. The van der Waals surface area contributed by atoms with Crippen LogP contribution in [-0.4, -0.2) is 51.2 Å². The van der Waals surface area contributed by atoms with Crippen molar-refractivity contribution in [2.45, 2.75) is 19.9 Å². The molecule has 1 fully saturated rings. The van der Waals surface area contributed by atoms with E-state index in [-0.39, 0.29) is 0 Å². The van der Waals surface area contributed by atoms with Gasteiger partial charge < -0.3 is 4.90 Å². The molecule has 0 spiro atoms. The van der Waals surface area contributed by atoms with Gasteiger partial charge in [-0.1, -0.05) is 24.3 Å². The van der Waals surface area contributed by atoms with Gasteiger partial charge in [-0.3, -0.25) is 15.0 Å². The van der Waals surface area contributed by atoms with Gasteiger partial charge in [-0.15, -0.1) is 0 Å². The summed E-state index contributed by atoms with van der Waals surface area (Å²) < 4.78 is 0. The van der Waals surface area contributed by atoms with Crippen molar-refractivity contribution in [2.24, 2.45) is 0 Å². The van der Waals surface area contributed by atoms with Crippen LogP contribution in [0.3, 0.4) is 0 Å². The number of benzene rings is 1. The van der Waals surface area contributed by atoms with Crippen LogP contribution in [0, 0.1) is 6.92 Å². The summed E-state index contributed by atoms with van der Waals surface area (Å²) in [4.78, 5) is 14.2. The molecule has 1 unspecified atom stereocenters. The summed E-state index contributed by atoms with van der Waals surface area (Å²) in [5, 5.41) is 6.98. The maximum atomic E-state index is 4.67. The van der Waals surface area contributed by atoms with Crippen LogP contribution >= 0.6 is 0 Å². The third-order valence-corrected chi connectivity index (χ3v) is 5.24. The van der Waals surface area contributed by atoms with Crippen LogP contribution < -0.4 is 4.90 Å². The minimum absolute atomic E-state index is 0.369. The maximum absolute atomic E-state index is 4.67. The second-order valence-corrected chi connectivity index (χ2v) is 6.77. The number of H-pyrrole nitrogens is 1. The van der Waals surface area contributed by atoms with Crippen molar-refractivity contribution in [3.63, 3.8) is 0 Å². The normalized spacial score (nSPS) is 16.6. The van der Waals surface area contributed by atoms with Crippen molar-refractivity contribution in [3.05, 3.63) is 60.2 Å². The smallest absolute Gasteiger partial charge is 0.155 e. The molecule has 6 heteroatoms. The number of anilines is 1. The van der Waals surface area contributed by atoms with Crippen LogP contribution in [0.4, 0.5) is 5.82 Å². The average Bonchev–Trinajstić information content (AvgIpc) is 3.23. The molecule has 0 bridgehead atoms. The summed E-state index contributed by atoms with van der Waals surface area (Å²) in [5.41, 5.74) is 4.59. The Morgan fingerprint density at radius 1 is 1.04 bits per heavy atom. The van der Waals surface area contributed by atoms with Gasteiger partial charge >= 0.3 is 0 Å². The Balaban J connectivity index is 1.53. The van der Waals surface area contributed by atoms with Gasteiger partial charge in [-0.2, -0.15) is 5.10 Å². The van der Waals surface area contributed by atoms with Crippen LogP contribution in [0.5, 0.6) is 0 Å². The number of hydrogen-bond acceptors (Lipinski definition) is 5. The van der Waals surface area contributed by atoms with E-state index < -0.39 is 0 Å². The first kappa shape index (κ1) is 16.7. The highest BCUT2D eigenvalue weighted by molar-refractivity contribution is 5.74. The number of rotatable bonds is 4. The molecule has 4 rings (SSSR count). The number of aromatic nitrogens is 4. The SMILES string of the molecule is Cc1ccccc1-c1nccnc1N1CCN(C(C)c2cn[nH]c2)CC1. The molecular formula is C20H24N6. The average molecular weight is 348 g/mol. The zero-order chi connectivity index (χ0) is 17.9. The van der Waals surface area contributed by atoms with E-state index >= 15 is 0 Å². The predicted molar refractivity (Wildman–Crippen MR) is 103 cm³/mol. The number of aromatic amines is 1. The first-order chi connectivity index (χ1) is 12.7. The van der Waals surface area contributed by atoms with E-state index in [0.717, 1.165) is 43.3 Å². The highest BCUT2D eigenvalue weighted by Gasteiger charge is 2.25. The van der Waals surface area contributed by atoms with Crippen LogP contribution in [0.25, 0.3) is 11.3 Å². The molecule has 0 aliphatic carbocycles. The lowest BCUT2D eigenvalue weighted by Gasteiger charge is -2.38. The van der Waals surface area contributed by atoms with Gasteiger partial charge in [0.25, 0.3) is 0 Å². The molecule has 3 heterocycles. The summed E-state index contributed by atoms with van der Waals surface area (Å²) >= 11 is 0. The Kier molecular flexibility index (Phi) is 4.67. The van der Waals surface area contributed by atoms with E-state index in [1.165, 1.54) is 11.1 Å². The predicted octanol–water partition coefficient (Wildman–Crippen LogP) is 3.06. The number of nitrogens with one attached hydrogen (secondary N) is 1. The van der Waals surface area contributed by atoms with E-state index in [9.17, 15) is 0 Å². The molecule has 1 saturated heterocycles. The molecule has 1 aromatic carbocycles. The van der Waals surface area contributed by atoms with Gasteiger partial charge in [0.2, 0.25) is 0 Å². The summed E-state index contributed by atoms with van der Waals surface area (Å²) in [7, 11) is 0. The second kappa shape index (κ2) is 7.25. The Labute approximate surface area is 153 Å². The fourth-order valence-corrected chi connectivity index (χ4v) is 3.61. The summed E-state index contributed by atoms with van der Waals surface area (Å²) in [6.45, 7) is 8.24. The van der Waals surface area contributed by atoms with E-state index in [4.69, 9.17) is 0 Å². The molecule has 26 heavy (non-hydrogen) atoms. The van der Waals surface area contributed by atoms with Crippen molar-refractivity contribution in [2.75, 3.05) is 31.1 Å². The van der Waals surface area contributed by atoms with Gasteiger partial charge in [0.1, 0.15) is 5.69 Å². The Morgan fingerprint density at radius 2 is 1.81 bits per heavy atom. The maximum Gasteiger partial charge on any atom is 0.155 e. The Morgan fingerprint density at radius 3 is 2.54 bits per heavy atom. The minimum Gasteiger partial charge on any atom is -0.352 e. The molecule has 134 valence electrons. The zero-order valence-corrected chi connectivity index (χ0v) is 15.3. The number of hydrogen-bond donors (Lipinski definition) is 1. The van der Waals surface area contributed by atoms with Crippen molar-refractivity contribution < 1.29 is 0 Å². The van der Waals surface area contributed by atoms with E-state index in [1.54, 1.807) is 12.4 Å². The molecule has 2 aromatic heterocycles. The van der Waals surface area contributed by atoms with Gasteiger partial charge in [0.05, 0.1) is 6.20 Å². The lowest BCUT2D eigenvalue weighted by atomic mass is 10.0.